The van der Waals surface area contributed by atoms with Crippen LogP contribution in [0.25, 0.3) is 0 Å². The average Bonchev–Trinajstić information content (AvgIpc) is 2.32. The van der Waals surface area contributed by atoms with Crippen molar-refractivity contribution in [3.05, 3.63) is 28.5 Å². The van der Waals surface area contributed by atoms with E-state index in [1.54, 1.807) is 20.8 Å². The molecule has 21 heavy (non-hydrogen) atoms. The molecule has 1 aromatic carbocycles. The Bertz CT molecular complexity index is 518. The SMILES string of the molecule is COc1c(F)cc(Cl)cc1C(CN)NC(=O)OC(C)(C)C. The van der Waals surface area contributed by atoms with E-state index < -0.39 is 23.6 Å². The fraction of sp³-hybridized carbons (Fsp3) is 0.500. The zero-order valence-electron chi connectivity index (χ0n) is 12.5. The molecule has 1 rings (SSSR count). The Hall–Kier alpha value is -1.53. The number of halogens is 2. The van der Waals surface area contributed by atoms with Crippen LogP contribution in [0.15, 0.2) is 12.1 Å². The summed E-state index contributed by atoms with van der Waals surface area (Å²) in [5, 5.41) is 2.76. The number of rotatable bonds is 4. The van der Waals surface area contributed by atoms with Gasteiger partial charge >= 0.3 is 6.09 Å². The maximum atomic E-state index is 13.8. The molecule has 1 amide bonds. The Labute approximate surface area is 128 Å². The van der Waals surface area contributed by atoms with E-state index >= 15 is 0 Å². The Balaban J connectivity index is 3.03. The highest BCUT2D eigenvalue weighted by molar-refractivity contribution is 6.30. The summed E-state index contributed by atoms with van der Waals surface area (Å²) in [5.74, 6) is -0.629. The first-order valence-electron chi connectivity index (χ1n) is 6.40. The Morgan fingerprint density at radius 1 is 1.48 bits per heavy atom. The quantitative estimate of drug-likeness (QED) is 0.895. The van der Waals surface area contributed by atoms with Gasteiger partial charge in [-0.15, -0.1) is 0 Å². The molecule has 0 heterocycles. The number of alkyl carbamates (subject to hydrolysis) is 1. The number of nitrogens with two attached hydrogens (primary N) is 1. The molecule has 1 aromatic rings. The van der Waals surface area contributed by atoms with Gasteiger partial charge in [0, 0.05) is 17.1 Å². The van der Waals surface area contributed by atoms with Crippen molar-refractivity contribution >= 4 is 17.7 Å². The molecule has 3 N–H and O–H groups in total. The monoisotopic (exact) mass is 318 g/mol. The van der Waals surface area contributed by atoms with Crippen LogP contribution < -0.4 is 15.8 Å². The number of amides is 1. The van der Waals surface area contributed by atoms with Crippen molar-refractivity contribution in [2.75, 3.05) is 13.7 Å². The highest BCUT2D eigenvalue weighted by Gasteiger charge is 2.23. The van der Waals surface area contributed by atoms with Gasteiger partial charge in [-0.1, -0.05) is 11.6 Å². The fourth-order valence-corrected chi connectivity index (χ4v) is 1.98. The second kappa shape index (κ2) is 6.95. The predicted octanol–water partition coefficient (Wildman–Crippen LogP) is 3.01. The number of benzene rings is 1. The first kappa shape index (κ1) is 17.5. The lowest BCUT2D eigenvalue weighted by atomic mass is 10.1. The van der Waals surface area contributed by atoms with E-state index in [2.05, 4.69) is 5.32 Å². The van der Waals surface area contributed by atoms with Gasteiger partial charge in [0.15, 0.2) is 11.6 Å². The number of nitrogens with one attached hydrogen (secondary N) is 1. The highest BCUT2D eigenvalue weighted by Crippen LogP contribution is 2.31. The van der Waals surface area contributed by atoms with Gasteiger partial charge in [-0.25, -0.2) is 9.18 Å². The summed E-state index contributed by atoms with van der Waals surface area (Å²) in [6.07, 6.45) is -0.652. The molecule has 118 valence electrons. The molecule has 1 unspecified atom stereocenters. The summed E-state index contributed by atoms with van der Waals surface area (Å²) in [4.78, 5) is 11.8. The molecular formula is C14H20ClFN2O3. The van der Waals surface area contributed by atoms with Crippen LogP contribution in [0.4, 0.5) is 9.18 Å². The first-order chi connectivity index (χ1) is 9.67. The minimum atomic E-state index is -0.678. The van der Waals surface area contributed by atoms with Crippen molar-refractivity contribution in [3.8, 4) is 5.75 Å². The van der Waals surface area contributed by atoms with Crippen LogP contribution in [-0.2, 0) is 4.74 Å². The zero-order chi connectivity index (χ0) is 16.2. The molecule has 0 aliphatic carbocycles. The Kier molecular flexibility index (Phi) is 5.80. The number of hydrogen-bond donors (Lipinski definition) is 2. The number of carbonyl (C=O) groups is 1. The van der Waals surface area contributed by atoms with E-state index in [-0.39, 0.29) is 17.3 Å². The van der Waals surface area contributed by atoms with E-state index in [4.69, 9.17) is 26.8 Å². The molecule has 0 radical (unpaired) electrons. The molecule has 0 aliphatic heterocycles. The van der Waals surface area contributed by atoms with Crippen LogP contribution in [0.2, 0.25) is 5.02 Å². The maximum Gasteiger partial charge on any atom is 0.408 e. The van der Waals surface area contributed by atoms with E-state index in [1.807, 2.05) is 0 Å². The molecular weight excluding hydrogens is 299 g/mol. The number of ether oxygens (including phenoxy) is 2. The molecule has 0 saturated carbocycles. The average molecular weight is 319 g/mol. The third-order valence-corrected chi connectivity index (χ3v) is 2.76. The Morgan fingerprint density at radius 2 is 2.10 bits per heavy atom. The molecule has 0 saturated heterocycles. The lowest BCUT2D eigenvalue weighted by Gasteiger charge is -2.24. The third kappa shape index (κ3) is 5.06. The normalized spacial score (nSPS) is 12.7. The summed E-state index contributed by atoms with van der Waals surface area (Å²) in [7, 11) is 1.33. The van der Waals surface area contributed by atoms with Gasteiger partial charge < -0.3 is 20.5 Å². The standard InChI is InChI=1S/C14H20ClFN2O3/c1-14(2,3)21-13(19)18-11(7-17)9-5-8(15)6-10(16)12(9)20-4/h5-6,11H,7,17H2,1-4H3,(H,18,19). The smallest absolute Gasteiger partial charge is 0.408 e. The molecule has 5 nitrogen and oxygen atoms in total. The van der Waals surface area contributed by atoms with Gasteiger partial charge in [0.05, 0.1) is 13.2 Å². The van der Waals surface area contributed by atoms with Crippen molar-refractivity contribution in [3.63, 3.8) is 0 Å². The van der Waals surface area contributed by atoms with Crippen molar-refractivity contribution < 1.29 is 18.7 Å². The summed E-state index contributed by atoms with van der Waals surface area (Å²) < 4.78 is 24.0. The second-order valence-corrected chi connectivity index (χ2v) is 5.88. The molecule has 7 heteroatoms. The lowest BCUT2D eigenvalue weighted by molar-refractivity contribution is 0.0504. The summed E-state index contributed by atoms with van der Waals surface area (Å²) in [6, 6.07) is 1.95. The maximum absolute atomic E-state index is 13.8. The van der Waals surface area contributed by atoms with Gasteiger partial charge in [0.25, 0.3) is 0 Å². The number of carbonyl (C=O) groups excluding carboxylic acids is 1. The summed E-state index contributed by atoms with van der Waals surface area (Å²) in [6.45, 7) is 5.26. The molecule has 0 fully saturated rings. The molecule has 1 atom stereocenters. The van der Waals surface area contributed by atoms with Crippen molar-refractivity contribution in [1.29, 1.82) is 0 Å². The first-order valence-corrected chi connectivity index (χ1v) is 6.78. The van der Waals surface area contributed by atoms with Crippen molar-refractivity contribution in [2.45, 2.75) is 32.4 Å². The topological polar surface area (TPSA) is 73.6 Å². The zero-order valence-corrected chi connectivity index (χ0v) is 13.3. The van der Waals surface area contributed by atoms with E-state index in [9.17, 15) is 9.18 Å². The lowest BCUT2D eigenvalue weighted by Crippen LogP contribution is -2.38. The van der Waals surface area contributed by atoms with Gasteiger partial charge in [-0.3, -0.25) is 0 Å². The van der Waals surface area contributed by atoms with Gasteiger partial charge in [-0.2, -0.15) is 0 Å². The second-order valence-electron chi connectivity index (χ2n) is 5.44. The third-order valence-electron chi connectivity index (χ3n) is 2.54. The van der Waals surface area contributed by atoms with E-state index in [1.165, 1.54) is 13.2 Å². The summed E-state index contributed by atoms with van der Waals surface area (Å²) >= 11 is 5.84. The number of hydrogen-bond acceptors (Lipinski definition) is 4. The highest BCUT2D eigenvalue weighted by atomic mass is 35.5. The Morgan fingerprint density at radius 3 is 2.57 bits per heavy atom. The van der Waals surface area contributed by atoms with Crippen LogP contribution in [0.1, 0.15) is 32.4 Å². The molecule has 0 bridgehead atoms. The van der Waals surface area contributed by atoms with E-state index in [0.717, 1.165) is 6.07 Å². The largest absolute Gasteiger partial charge is 0.493 e. The number of methoxy groups -OCH3 is 1. The van der Waals surface area contributed by atoms with Crippen molar-refractivity contribution in [2.24, 2.45) is 5.73 Å². The van der Waals surface area contributed by atoms with Crippen molar-refractivity contribution in [1.82, 2.24) is 5.32 Å². The molecule has 0 spiro atoms. The van der Waals surface area contributed by atoms with Gasteiger partial charge in [0.1, 0.15) is 5.60 Å². The van der Waals surface area contributed by atoms with Crippen LogP contribution in [0.5, 0.6) is 5.75 Å². The van der Waals surface area contributed by atoms with Gasteiger partial charge in [-0.05, 0) is 32.9 Å². The van der Waals surface area contributed by atoms with Crippen LogP contribution >= 0.6 is 11.6 Å². The van der Waals surface area contributed by atoms with Crippen LogP contribution in [0.3, 0.4) is 0 Å². The van der Waals surface area contributed by atoms with E-state index in [0.29, 0.717) is 5.56 Å². The van der Waals surface area contributed by atoms with Crippen LogP contribution in [-0.4, -0.2) is 25.3 Å². The summed E-state index contributed by atoms with van der Waals surface area (Å²) in [5.41, 5.74) is 5.36. The molecule has 0 aromatic heterocycles. The minimum Gasteiger partial charge on any atom is -0.493 e. The molecule has 0 aliphatic rings. The fourth-order valence-electron chi connectivity index (χ4n) is 1.77. The predicted molar refractivity (Wildman–Crippen MR) is 79.1 cm³/mol. The van der Waals surface area contributed by atoms with Gasteiger partial charge in [0.2, 0.25) is 0 Å². The minimum absolute atomic E-state index is 0.00842. The van der Waals surface area contributed by atoms with Crippen LogP contribution in [0, 0.1) is 5.82 Å².